The summed E-state index contributed by atoms with van der Waals surface area (Å²) >= 11 is 0. The van der Waals surface area contributed by atoms with Gasteiger partial charge in [0.2, 0.25) is 10.0 Å². The standard InChI is InChI=1S/C12H24N2O2S/c1-11-10-13-8-5-9-17(15,16)14(11)12-6-3-2-4-7-12/h11-13H,2-10H2,1H3. The minimum absolute atomic E-state index is 0.100. The Hall–Kier alpha value is -0.130. The quantitative estimate of drug-likeness (QED) is 0.774. The molecule has 1 atom stereocenters. The van der Waals surface area contributed by atoms with Crippen LogP contribution in [0.25, 0.3) is 0 Å². The maximum absolute atomic E-state index is 12.4. The molecule has 1 aliphatic heterocycles. The molecule has 100 valence electrons. The lowest BCUT2D eigenvalue weighted by molar-refractivity contribution is 0.204. The van der Waals surface area contributed by atoms with E-state index < -0.39 is 10.0 Å². The van der Waals surface area contributed by atoms with Gasteiger partial charge in [0.15, 0.2) is 0 Å². The maximum Gasteiger partial charge on any atom is 0.214 e. The lowest BCUT2D eigenvalue weighted by Gasteiger charge is -2.38. The van der Waals surface area contributed by atoms with Crippen molar-refractivity contribution in [1.29, 1.82) is 0 Å². The second-order valence-corrected chi connectivity index (χ2v) is 7.34. The third kappa shape index (κ3) is 3.20. The Morgan fingerprint density at radius 3 is 2.53 bits per heavy atom. The molecule has 2 fully saturated rings. The van der Waals surface area contributed by atoms with Crippen LogP contribution in [0.1, 0.15) is 45.4 Å². The van der Waals surface area contributed by atoms with Crippen LogP contribution in [0.4, 0.5) is 0 Å². The first-order chi connectivity index (χ1) is 8.11. The fraction of sp³-hybridized carbons (Fsp3) is 1.00. The molecule has 5 heteroatoms. The monoisotopic (exact) mass is 260 g/mol. The van der Waals surface area contributed by atoms with E-state index in [2.05, 4.69) is 5.32 Å². The van der Waals surface area contributed by atoms with E-state index in [9.17, 15) is 8.42 Å². The molecule has 0 aromatic heterocycles. The molecule has 1 heterocycles. The summed E-state index contributed by atoms with van der Waals surface area (Å²) in [6.07, 6.45) is 6.44. The Labute approximate surface area is 105 Å². The van der Waals surface area contributed by atoms with Crippen LogP contribution in [0.3, 0.4) is 0 Å². The SMILES string of the molecule is CC1CNCCCS(=O)(=O)N1C1CCCCC1. The van der Waals surface area contributed by atoms with Crippen molar-refractivity contribution in [3.63, 3.8) is 0 Å². The van der Waals surface area contributed by atoms with Crippen molar-refractivity contribution in [2.75, 3.05) is 18.8 Å². The zero-order valence-corrected chi connectivity index (χ0v) is 11.5. The molecular weight excluding hydrogens is 236 g/mol. The van der Waals surface area contributed by atoms with Crippen LogP contribution < -0.4 is 5.32 Å². The summed E-state index contributed by atoms with van der Waals surface area (Å²) in [5.74, 6) is 0.306. The molecule has 0 aromatic rings. The molecular formula is C12H24N2O2S. The Balaban J connectivity index is 2.17. The summed E-state index contributed by atoms with van der Waals surface area (Å²) in [6, 6.07) is 0.354. The van der Waals surface area contributed by atoms with Crippen molar-refractivity contribution in [3.05, 3.63) is 0 Å². The number of hydrogen-bond donors (Lipinski definition) is 1. The largest absolute Gasteiger partial charge is 0.315 e. The average Bonchev–Trinajstić information content (AvgIpc) is 2.28. The first-order valence-electron chi connectivity index (χ1n) is 6.83. The van der Waals surface area contributed by atoms with Crippen molar-refractivity contribution in [1.82, 2.24) is 9.62 Å². The highest BCUT2D eigenvalue weighted by Gasteiger charge is 2.35. The van der Waals surface area contributed by atoms with E-state index in [4.69, 9.17) is 0 Å². The van der Waals surface area contributed by atoms with Gasteiger partial charge < -0.3 is 5.32 Å². The molecule has 2 rings (SSSR count). The second-order valence-electron chi connectivity index (χ2n) is 5.34. The molecule has 0 amide bonds. The Morgan fingerprint density at radius 2 is 1.82 bits per heavy atom. The minimum Gasteiger partial charge on any atom is -0.315 e. The molecule has 1 saturated carbocycles. The zero-order chi connectivity index (χ0) is 12.3. The van der Waals surface area contributed by atoms with E-state index in [0.717, 1.165) is 32.4 Å². The van der Waals surface area contributed by atoms with E-state index in [1.807, 2.05) is 11.2 Å². The summed E-state index contributed by atoms with van der Waals surface area (Å²) in [5, 5.41) is 3.34. The molecule has 0 spiro atoms. The molecule has 1 unspecified atom stereocenters. The third-order valence-electron chi connectivity index (χ3n) is 3.89. The van der Waals surface area contributed by atoms with Crippen molar-refractivity contribution in [2.24, 2.45) is 0 Å². The van der Waals surface area contributed by atoms with E-state index >= 15 is 0 Å². The summed E-state index contributed by atoms with van der Waals surface area (Å²) in [6.45, 7) is 3.64. The highest BCUT2D eigenvalue weighted by Crippen LogP contribution is 2.27. The summed E-state index contributed by atoms with van der Waals surface area (Å²) in [7, 11) is -3.04. The van der Waals surface area contributed by atoms with Gasteiger partial charge in [-0.15, -0.1) is 0 Å². The van der Waals surface area contributed by atoms with Crippen LogP contribution in [-0.2, 0) is 10.0 Å². The Morgan fingerprint density at radius 1 is 1.12 bits per heavy atom. The second kappa shape index (κ2) is 5.67. The molecule has 17 heavy (non-hydrogen) atoms. The van der Waals surface area contributed by atoms with Gasteiger partial charge in [-0.1, -0.05) is 19.3 Å². The highest BCUT2D eigenvalue weighted by atomic mass is 32.2. The summed E-state index contributed by atoms with van der Waals surface area (Å²) < 4.78 is 26.5. The van der Waals surface area contributed by atoms with Crippen LogP contribution in [0.2, 0.25) is 0 Å². The number of rotatable bonds is 1. The van der Waals surface area contributed by atoms with Gasteiger partial charge in [0.1, 0.15) is 0 Å². The summed E-state index contributed by atoms with van der Waals surface area (Å²) in [5.41, 5.74) is 0. The predicted molar refractivity (Wildman–Crippen MR) is 69.4 cm³/mol. The smallest absolute Gasteiger partial charge is 0.214 e. The number of sulfonamides is 1. The molecule has 1 aliphatic carbocycles. The summed E-state index contributed by atoms with van der Waals surface area (Å²) in [4.78, 5) is 0. The topological polar surface area (TPSA) is 49.4 Å². The normalized spacial score (nSPS) is 32.9. The van der Waals surface area contributed by atoms with E-state index in [0.29, 0.717) is 5.75 Å². The van der Waals surface area contributed by atoms with Gasteiger partial charge in [-0.2, -0.15) is 4.31 Å². The van der Waals surface area contributed by atoms with Crippen LogP contribution in [0, 0.1) is 0 Å². The molecule has 1 N–H and O–H groups in total. The molecule has 0 aromatic carbocycles. The van der Waals surface area contributed by atoms with Crippen LogP contribution in [-0.4, -0.2) is 43.6 Å². The predicted octanol–water partition coefficient (Wildman–Crippen LogP) is 1.33. The number of nitrogens with zero attached hydrogens (tertiary/aromatic N) is 1. The van der Waals surface area contributed by atoms with Crippen LogP contribution in [0.15, 0.2) is 0 Å². The lowest BCUT2D eigenvalue weighted by Crippen LogP contribution is -2.52. The molecule has 0 radical (unpaired) electrons. The molecule has 0 bridgehead atoms. The number of hydrogen-bond acceptors (Lipinski definition) is 3. The van der Waals surface area contributed by atoms with Gasteiger partial charge in [-0.3, -0.25) is 0 Å². The zero-order valence-electron chi connectivity index (χ0n) is 10.7. The molecule has 4 nitrogen and oxygen atoms in total. The van der Waals surface area contributed by atoms with E-state index in [-0.39, 0.29) is 12.1 Å². The van der Waals surface area contributed by atoms with Gasteiger partial charge >= 0.3 is 0 Å². The Kier molecular flexibility index (Phi) is 4.44. The fourth-order valence-electron chi connectivity index (χ4n) is 3.08. The van der Waals surface area contributed by atoms with E-state index in [1.165, 1.54) is 19.3 Å². The maximum atomic E-state index is 12.4. The van der Waals surface area contributed by atoms with Crippen molar-refractivity contribution in [3.8, 4) is 0 Å². The first-order valence-corrected chi connectivity index (χ1v) is 8.44. The third-order valence-corrected chi connectivity index (χ3v) is 5.99. The first kappa shape index (κ1) is 13.3. The van der Waals surface area contributed by atoms with Gasteiger partial charge in [-0.05, 0) is 32.7 Å². The fourth-order valence-corrected chi connectivity index (χ4v) is 5.09. The van der Waals surface area contributed by atoms with Crippen molar-refractivity contribution in [2.45, 2.75) is 57.5 Å². The lowest BCUT2D eigenvalue weighted by atomic mass is 9.95. The van der Waals surface area contributed by atoms with Gasteiger partial charge in [-0.25, -0.2) is 8.42 Å². The number of nitrogens with one attached hydrogen (secondary N) is 1. The van der Waals surface area contributed by atoms with Crippen molar-refractivity contribution < 1.29 is 8.42 Å². The molecule has 1 saturated heterocycles. The van der Waals surface area contributed by atoms with Crippen LogP contribution >= 0.6 is 0 Å². The van der Waals surface area contributed by atoms with E-state index in [1.54, 1.807) is 0 Å². The Bertz CT molecular complexity index is 336. The van der Waals surface area contributed by atoms with Crippen LogP contribution in [0.5, 0.6) is 0 Å². The molecule has 2 aliphatic rings. The van der Waals surface area contributed by atoms with Crippen molar-refractivity contribution >= 4 is 10.0 Å². The van der Waals surface area contributed by atoms with Gasteiger partial charge in [0.25, 0.3) is 0 Å². The van der Waals surface area contributed by atoms with Gasteiger partial charge in [0, 0.05) is 18.6 Å². The highest BCUT2D eigenvalue weighted by molar-refractivity contribution is 7.89. The van der Waals surface area contributed by atoms with Gasteiger partial charge in [0.05, 0.1) is 5.75 Å². The average molecular weight is 260 g/mol. The minimum atomic E-state index is -3.04.